The number of nitrogens with zero attached hydrogens (tertiary/aromatic N) is 4. The van der Waals surface area contributed by atoms with E-state index in [9.17, 15) is 0 Å². The zero-order chi connectivity index (χ0) is 18.5. The Morgan fingerprint density at radius 3 is 2.37 bits per heavy atom. The van der Waals surface area contributed by atoms with E-state index >= 15 is 0 Å². The van der Waals surface area contributed by atoms with E-state index in [0.717, 1.165) is 22.4 Å². The molecule has 0 amide bonds. The molecule has 0 aliphatic rings. The van der Waals surface area contributed by atoms with Gasteiger partial charge >= 0.3 is 0 Å². The lowest BCUT2D eigenvalue weighted by atomic mass is 10.1. The number of aryl methyl sites for hydroxylation is 1. The Labute approximate surface area is 161 Å². The molecular formula is C22H17ClN4. The highest BCUT2D eigenvalue weighted by Gasteiger charge is 2.14. The molecule has 3 aromatic carbocycles. The third-order valence-corrected chi connectivity index (χ3v) is 5.33. The third-order valence-electron chi connectivity index (χ3n) is 5.16. The molecule has 2 aromatic heterocycles. The second kappa shape index (κ2) is 5.96. The van der Waals surface area contributed by atoms with E-state index in [1.807, 2.05) is 31.3 Å². The average molecular weight is 373 g/mol. The largest absolute Gasteiger partial charge is 0.344 e. The van der Waals surface area contributed by atoms with Crippen molar-refractivity contribution in [3.8, 4) is 0 Å². The van der Waals surface area contributed by atoms with Gasteiger partial charge in [0.1, 0.15) is 5.82 Å². The summed E-state index contributed by atoms with van der Waals surface area (Å²) in [7, 11) is 4.11. The molecular weight excluding hydrogens is 356 g/mol. The first-order valence-corrected chi connectivity index (χ1v) is 9.14. The van der Waals surface area contributed by atoms with Crippen LogP contribution in [0.3, 0.4) is 0 Å². The lowest BCUT2D eigenvalue weighted by Crippen LogP contribution is -2.12. The maximum atomic E-state index is 6.18. The van der Waals surface area contributed by atoms with Crippen molar-refractivity contribution in [1.29, 1.82) is 0 Å². The Bertz CT molecular complexity index is 1320. The van der Waals surface area contributed by atoms with Crippen LogP contribution in [0.5, 0.6) is 0 Å². The molecule has 5 rings (SSSR count). The Hall–Kier alpha value is -3.11. The highest BCUT2D eigenvalue weighted by atomic mass is 35.5. The molecule has 0 fully saturated rings. The summed E-state index contributed by atoms with van der Waals surface area (Å²) in [5.74, 6) is 0.796. The van der Waals surface area contributed by atoms with Crippen LogP contribution in [-0.4, -0.2) is 21.6 Å². The zero-order valence-corrected chi connectivity index (χ0v) is 15.8. The van der Waals surface area contributed by atoms with Crippen LogP contribution >= 0.6 is 11.6 Å². The average Bonchev–Trinajstić information content (AvgIpc) is 2.99. The molecule has 5 heteroatoms. The predicted octanol–water partition coefficient (Wildman–Crippen LogP) is 5.70. The van der Waals surface area contributed by atoms with Crippen molar-refractivity contribution >= 4 is 55.8 Å². The van der Waals surface area contributed by atoms with Crippen LogP contribution in [0.15, 0.2) is 66.7 Å². The van der Waals surface area contributed by atoms with E-state index in [4.69, 9.17) is 11.6 Å². The van der Waals surface area contributed by atoms with Crippen LogP contribution in [0, 0.1) is 0 Å². The van der Waals surface area contributed by atoms with Crippen molar-refractivity contribution in [2.45, 2.75) is 0 Å². The van der Waals surface area contributed by atoms with Gasteiger partial charge in [0, 0.05) is 47.0 Å². The lowest BCUT2D eigenvalue weighted by Gasteiger charge is -2.20. The number of hydrogen-bond donors (Lipinski definition) is 0. The highest BCUT2D eigenvalue weighted by molar-refractivity contribution is 6.28. The number of fused-ring (bicyclic) bond motifs is 4. The predicted molar refractivity (Wildman–Crippen MR) is 113 cm³/mol. The number of hydrogen-bond acceptors (Lipinski definition) is 3. The maximum Gasteiger partial charge on any atom is 0.224 e. The van der Waals surface area contributed by atoms with Gasteiger partial charge in [-0.3, -0.25) is 0 Å². The summed E-state index contributed by atoms with van der Waals surface area (Å²) in [6.45, 7) is 0. The molecule has 0 aliphatic heterocycles. The third kappa shape index (κ3) is 2.45. The van der Waals surface area contributed by atoms with E-state index < -0.39 is 0 Å². The van der Waals surface area contributed by atoms with Gasteiger partial charge in [0.2, 0.25) is 5.28 Å². The molecule has 0 radical (unpaired) electrons. The molecule has 0 saturated carbocycles. The SMILES string of the molecule is CN(c1ccc2c(c1)c1ccccc1n2C)c1nc(Cl)nc2ccccc12. The van der Waals surface area contributed by atoms with Gasteiger partial charge in [-0.1, -0.05) is 30.3 Å². The van der Waals surface area contributed by atoms with E-state index in [-0.39, 0.29) is 5.28 Å². The van der Waals surface area contributed by atoms with E-state index in [1.54, 1.807) is 0 Å². The molecule has 0 aliphatic carbocycles. The Morgan fingerprint density at radius 2 is 1.52 bits per heavy atom. The van der Waals surface area contributed by atoms with E-state index in [0.29, 0.717) is 0 Å². The normalized spacial score (nSPS) is 11.5. The van der Waals surface area contributed by atoms with Gasteiger partial charge in [-0.2, -0.15) is 4.98 Å². The van der Waals surface area contributed by atoms with Gasteiger partial charge in [-0.25, -0.2) is 4.98 Å². The molecule has 2 heterocycles. The van der Waals surface area contributed by atoms with Crippen molar-refractivity contribution < 1.29 is 0 Å². The molecule has 5 aromatic rings. The van der Waals surface area contributed by atoms with Gasteiger partial charge in [-0.15, -0.1) is 0 Å². The highest BCUT2D eigenvalue weighted by Crippen LogP contribution is 2.34. The monoisotopic (exact) mass is 372 g/mol. The summed E-state index contributed by atoms with van der Waals surface area (Å²) in [5, 5.41) is 3.70. The molecule has 0 saturated heterocycles. The van der Waals surface area contributed by atoms with Gasteiger partial charge in [0.25, 0.3) is 0 Å². The first kappa shape index (κ1) is 16.1. The molecule has 0 unspecified atom stereocenters. The van der Waals surface area contributed by atoms with E-state index in [2.05, 4.69) is 68.9 Å². The molecule has 0 N–H and O–H groups in total. The quantitative estimate of drug-likeness (QED) is 0.373. The molecule has 27 heavy (non-hydrogen) atoms. The van der Waals surface area contributed by atoms with Crippen molar-refractivity contribution in [2.75, 3.05) is 11.9 Å². The Kier molecular flexibility index (Phi) is 3.55. The fourth-order valence-corrected chi connectivity index (χ4v) is 3.95. The minimum Gasteiger partial charge on any atom is -0.344 e. The lowest BCUT2D eigenvalue weighted by molar-refractivity contribution is 1.01. The molecule has 4 nitrogen and oxygen atoms in total. The summed E-state index contributed by atoms with van der Waals surface area (Å²) in [4.78, 5) is 10.9. The number of rotatable bonds is 2. The van der Waals surface area contributed by atoms with Gasteiger partial charge < -0.3 is 9.47 Å². The molecule has 0 bridgehead atoms. The maximum absolute atomic E-state index is 6.18. The number of anilines is 2. The second-order valence-electron chi connectivity index (χ2n) is 6.67. The summed E-state index contributed by atoms with van der Waals surface area (Å²) >= 11 is 6.18. The van der Waals surface area contributed by atoms with Crippen LogP contribution in [0.4, 0.5) is 11.5 Å². The van der Waals surface area contributed by atoms with Gasteiger partial charge in [0.05, 0.1) is 5.52 Å². The van der Waals surface area contributed by atoms with Crippen LogP contribution in [0.1, 0.15) is 0 Å². The standard InChI is InChI=1S/C22H17ClN4/c1-26(21-16-8-3-5-9-18(16)24-22(23)25-21)14-11-12-20-17(13-14)15-7-4-6-10-19(15)27(20)2/h3-13H,1-2H3. The van der Waals surface area contributed by atoms with Crippen LogP contribution < -0.4 is 4.90 Å². The molecule has 132 valence electrons. The number of para-hydroxylation sites is 2. The second-order valence-corrected chi connectivity index (χ2v) is 7.01. The Morgan fingerprint density at radius 1 is 0.815 bits per heavy atom. The number of aromatic nitrogens is 3. The molecule has 0 atom stereocenters. The summed E-state index contributed by atoms with van der Waals surface area (Å²) < 4.78 is 2.23. The number of halogens is 1. The first-order valence-electron chi connectivity index (χ1n) is 8.76. The van der Waals surface area contributed by atoms with Crippen LogP contribution in [0.25, 0.3) is 32.7 Å². The van der Waals surface area contributed by atoms with Crippen molar-refractivity contribution in [3.05, 3.63) is 72.0 Å². The van der Waals surface area contributed by atoms with Crippen molar-refractivity contribution in [2.24, 2.45) is 7.05 Å². The first-order chi connectivity index (χ1) is 13.1. The van der Waals surface area contributed by atoms with E-state index in [1.165, 1.54) is 21.8 Å². The molecule has 0 spiro atoms. The summed E-state index contributed by atoms with van der Waals surface area (Å²) in [5.41, 5.74) is 4.33. The summed E-state index contributed by atoms with van der Waals surface area (Å²) in [6.07, 6.45) is 0. The van der Waals surface area contributed by atoms with Crippen molar-refractivity contribution in [3.63, 3.8) is 0 Å². The fraction of sp³-hybridized carbons (Fsp3) is 0.0909. The smallest absolute Gasteiger partial charge is 0.224 e. The van der Waals surface area contributed by atoms with Crippen LogP contribution in [0.2, 0.25) is 5.28 Å². The van der Waals surface area contributed by atoms with Gasteiger partial charge in [-0.05, 0) is 48.0 Å². The van der Waals surface area contributed by atoms with Crippen LogP contribution in [-0.2, 0) is 7.05 Å². The number of benzene rings is 3. The summed E-state index contributed by atoms with van der Waals surface area (Å²) in [6, 6.07) is 22.9. The zero-order valence-electron chi connectivity index (χ0n) is 15.0. The minimum absolute atomic E-state index is 0.252. The Balaban J connectivity index is 1.73. The van der Waals surface area contributed by atoms with Crippen molar-refractivity contribution in [1.82, 2.24) is 14.5 Å². The topological polar surface area (TPSA) is 34.0 Å². The van der Waals surface area contributed by atoms with Gasteiger partial charge in [0.15, 0.2) is 0 Å². The minimum atomic E-state index is 0.252. The fourth-order valence-electron chi connectivity index (χ4n) is 3.77.